The van der Waals surface area contributed by atoms with Crippen molar-refractivity contribution in [3.05, 3.63) is 72.4 Å². The van der Waals surface area contributed by atoms with Gasteiger partial charge in [-0.2, -0.15) is 0 Å². The summed E-state index contributed by atoms with van der Waals surface area (Å²) in [5.41, 5.74) is 7.68. The quantitative estimate of drug-likeness (QED) is 0.368. The van der Waals surface area contributed by atoms with E-state index in [9.17, 15) is 0 Å². The fourth-order valence-corrected chi connectivity index (χ4v) is 4.61. The standard InChI is InChI=1S/C26H20N4O2/c1-14-24(15(2)32-30-14)19-12-22-18(13-23(19)31-3)25-21(29-22)9-11-28-26(25)17-8-10-27-20-7-5-4-6-16(17)20/h4-13,29H,1-3H3. The van der Waals surface area contributed by atoms with E-state index in [1.165, 1.54) is 0 Å². The summed E-state index contributed by atoms with van der Waals surface area (Å²) in [7, 11) is 1.69. The van der Waals surface area contributed by atoms with Gasteiger partial charge >= 0.3 is 0 Å². The van der Waals surface area contributed by atoms with Crippen molar-refractivity contribution in [3.8, 4) is 28.1 Å². The van der Waals surface area contributed by atoms with E-state index in [1.807, 2.05) is 56.6 Å². The maximum atomic E-state index is 5.81. The summed E-state index contributed by atoms with van der Waals surface area (Å²) < 4.78 is 11.2. The summed E-state index contributed by atoms with van der Waals surface area (Å²) in [6.45, 7) is 3.86. The molecule has 0 aliphatic rings. The van der Waals surface area contributed by atoms with E-state index in [1.54, 1.807) is 7.11 Å². The number of pyridine rings is 2. The monoisotopic (exact) mass is 420 g/mol. The Labute approximate surface area is 183 Å². The zero-order valence-corrected chi connectivity index (χ0v) is 17.9. The van der Waals surface area contributed by atoms with Gasteiger partial charge in [0.1, 0.15) is 11.5 Å². The van der Waals surface area contributed by atoms with Gasteiger partial charge in [-0.1, -0.05) is 23.4 Å². The summed E-state index contributed by atoms with van der Waals surface area (Å²) >= 11 is 0. The molecule has 0 unspecified atom stereocenters. The van der Waals surface area contributed by atoms with Crippen molar-refractivity contribution in [3.63, 3.8) is 0 Å². The van der Waals surface area contributed by atoms with E-state index >= 15 is 0 Å². The molecule has 1 N–H and O–H groups in total. The third-order valence-electron chi connectivity index (χ3n) is 6.04. The summed E-state index contributed by atoms with van der Waals surface area (Å²) in [5.74, 6) is 1.53. The summed E-state index contributed by atoms with van der Waals surface area (Å²) in [5, 5.41) is 7.30. The molecule has 0 bridgehead atoms. The van der Waals surface area contributed by atoms with Gasteiger partial charge in [-0.25, -0.2) is 0 Å². The van der Waals surface area contributed by atoms with Gasteiger partial charge in [0.25, 0.3) is 0 Å². The molecule has 156 valence electrons. The largest absolute Gasteiger partial charge is 0.496 e. The molecule has 0 amide bonds. The van der Waals surface area contributed by atoms with Crippen molar-refractivity contribution in [1.29, 1.82) is 0 Å². The smallest absolute Gasteiger partial charge is 0.141 e. The highest BCUT2D eigenvalue weighted by Gasteiger charge is 2.20. The van der Waals surface area contributed by atoms with Crippen LogP contribution in [0.25, 0.3) is 55.1 Å². The average Bonchev–Trinajstić information content (AvgIpc) is 3.36. The number of hydrogen-bond donors (Lipinski definition) is 1. The van der Waals surface area contributed by atoms with E-state index in [0.29, 0.717) is 0 Å². The molecule has 6 aromatic rings. The SMILES string of the molecule is COc1cc2c(cc1-c1c(C)noc1C)[nH]c1ccnc(-c3ccnc4ccccc34)c12. The van der Waals surface area contributed by atoms with Gasteiger partial charge in [0, 0.05) is 45.2 Å². The Balaban J connectivity index is 1.69. The Morgan fingerprint density at radius 3 is 2.53 bits per heavy atom. The second kappa shape index (κ2) is 6.92. The Morgan fingerprint density at radius 2 is 1.72 bits per heavy atom. The van der Waals surface area contributed by atoms with E-state index in [2.05, 4.69) is 33.3 Å². The Kier molecular flexibility index (Phi) is 4.01. The van der Waals surface area contributed by atoms with Crippen LogP contribution in [0.1, 0.15) is 11.5 Å². The van der Waals surface area contributed by atoms with Gasteiger partial charge in [0.05, 0.1) is 35.1 Å². The van der Waals surface area contributed by atoms with E-state index in [4.69, 9.17) is 14.2 Å². The van der Waals surface area contributed by atoms with Crippen LogP contribution < -0.4 is 4.74 Å². The predicted octanol–water partition coefficient (Wildman–Crippen LogP) is 6.21. The number of aryl methyl sites for hydroxylation is 2. The third kappa shape index (κ3) is 2.62. The summed E-state index contributed by atoms with van der Waals surface area (Å²) in [6, 6.07) is 16.3. The molecular weight excluding hydrogens is 400 g/mol. The first-order chi connectivity index (χ1) is 15.7. The predicted molar refractivity (Wildman–Crippen MR) is 126 cm³/mol. The molecule has 0 radical (unpaired) electrons. The van der Waals surface area contributed by atoms with Gasteiger partial charge in [0.15, 0.2) is 0 Å². The van der Waals surface area contributed by atoms with Crippen molar-refractivity contribution in [1.82, 2.24) is 20.1 Å². The highest BCUT2D eigenvalue weighted by molar-refractivity contribution is 6.16. The molecule has 4 heterocycles. The normalized spacial score (nSPS) is 11.6. The maximum absolute atomic E-state index is 5.81. The van der Waals surface area contributed by atoms with Gasteiger partial charge in [-0.05, 0) is 44.2 Å². The number of benzene rings is 2. The number of aromatic amines is 1. The van der Waals surface area contributed by atoms with Crippen LogP contribution in [0.15, 0.2) is 65.4 Å². The van der Waals surface area contributed by atoms with E-state index in [-0.39, 0.29) is 0 Å². The minimum atomic E-state index is 0.766. The zero-order chi connectivity index (χ0) is 21.8. The molecular formula is C26H20N4O2. The third-order valence-corrected chi connectivity index (χ3v) is 6.04. The topological polar surface area (TPSA) is 76.8 Å². The average molecular weight is 420 g/mol. The van der Waals surface area contributed by atoms with Crippen molar-refractivity contribution in [2.45, 2.75) is 13.8 Å². The number of methoxy groups -OCH3 is 1. The van der Waals surface area contributed by atoms with Crippen LogP contribution in [0.2, 0.25) is 0 Å². The number of H-pyrrole nitrogens is 1. The fourth-order valence-electron chi connectivity index (χ4n) is 4.61. The molecule has 6 rings (SSSR count). The molecule has 0 aliphatic carbocycles. The maximum Gasteiger partial charge on any atom is 0.141 e. The molecule has 0 aliphatic heterocycles. The molecule has 4 aromatic heterocycles. The number of ether oxygens (including phenoxy) is 1. The summed E-state index contributed by atoms with van der Waals surface area (Å²) in [4.78, 5) is 12.9. The Hall–Kier alpha value is -4.19. The highest BCUT2D eigenvalue weighted by Crippen LogP contribution is 2.42. The van der Waals surface area contributed by atoms with Crippen LogP contribution in [-0.2, 0) is 0 Å². The second-order valence-corrected chi connectivity index (χ2v) is 7.88. The van der Waals surface area contributed by atoms with Crippen molar-refractivity contribution in [2.24, 2.45) is 0 Å². The van der Waals surface area contributed by atoms with Crippen LogP contribution in [-0.4, -0.2) is 27.2 Å². The number of para-hydroxylation sites is 1. The van der Waals surface area contributed by atoms with Crippen LogP contribution in [0.3, 0.4) is 0 Å². The lowest BCUT2D eigenvalue weighted by Gasteiger charge is -2.10. The Bertz CT molecular complexity index is 1620. The van der Waals surface area contributed by atoms with Crippen molar-refractivity contribution in [2.75, 3.05) is 7.11 Å². The molecule has 0 fully saturated rings. The zero-order valence-electron chi connectivity index (χ0n) is 17.9. The van der Waals surface area contributed by atoms with Gasteiger partial charge in [-0.15, -0.1) is 0 Å². The first-order valence-electron chi connectivity index (χ1n) is 10.4. The van der Waals surface area contributed by atoms with E-state index < -0.39 is 0 Å². The lowest BCUT2D eigenvalue weighted by atomic mass is 9.98. The van der Waals surface area contributed by atoms with Gasteiger partial charge < -0.3 is 14.2 Å². The summed E-state index contributed by atoms with van der Waals surface area (Å²) in [6.07, 6.45) is 3.68. The number of fused-ring (bicyclic) bond motifs is 4. The number of hydrogen-bond acceptors (Lipinski definition) is 5. The molecule has 2 aromatic carbocycles. The number of rotatable bonds is 3. The molecule has 32 heavy (non-hydrogen) atoms. The molecule has 0 atom stereocenters. The van der Waals surface area contributed by atoms with Crippen LogP contribution in [0.4, 0.5) is 0 Å². The lowest BCUT2D eigenvalue weighted by molar-refractivity contribution is 0.393. The van der Waals surface area contributed by atoms with Crippen molar-refractivity contribution >= 4 is 32.7 Å². The number of nitrogens with one attached hydrogen (secondary N) is 1. The molecule has 0 saturated carbocycles. The van der Waals surface area contributed by atoms with Gasteiger partial charge in [-0.3, -0.25) is 9.97 Å². The molecule has 0 spiro atoms. The fraction of sp³-hybridized carbons (Fsp3) is 0.115. The lowest BCUT2D eigenvalue weighted by Crippen LogP contribution is -1.91. The van der Waals surface area contributed by atoms with E-state index in [0.717, 1.165) is 72.3 Å². The first kappa shape index (κ1) is 18.6. The van der Waals surface area contributed by atoms with Crippen LogP contribution in [0, 0.1) is 13.8 Å². The molecule has 6 heteroatoms. The minimum Gasteiger partial charge on any atom is -0.496 e. The second-order valence-electron chi connectivity index (χ2n) is 7.88. The number of nitrogens with zero attached hydrogens (tertiary/aromatic N) is 3. The van der Waals surface area contributed by atoms with Gasteiger partial charge in [0.2, 0.25) is 0 Å². The highest BCUT2D eigenvalue weighted by atomic mass is 16.5. The number of aromatic nitrogens is 4. The minimum absolute atomic E-state index is 0.766. The Morgan fingerprint density at radius 1 is 0.875 bits per heavy atom. The van der Waals surface area contributed by atoms with Crippen molar-refractivity contribution < 1.29 is 9.26 Å². The molecule has 0 saturated heterocycles. The molecule has 6 nitrogen and oxygen atoms in total. The first-order valence-corrected chi connectivity index (χ1v) is 10.4. The van der Waals surface area contributed by atoms with Crippen LogP contribution >= 0.6 is 0 Å². The van der Waals surface area contributed by atoms with Crippen LogP contribution in [0.5, 0.6) is 5.75 Å².